The zero-order valence-corrected chi connectivity index (χ0v) is 11.6. The average Bonchev–Trinajstić information content (AvgIpc) is 2.26. The van der Waals surface area contributed by atoms with Crippen LogP contribution in [0, 0.1) is 0 Å². The fourth-order valence-corrected chi connectivity index (χ4v) is 1.95. The van der Waals surface area contributed by atoms with Crippen LogP contribution in [0.2, 0.25) is 5.02 Å². The third-order valence-corrected chi connectivity index (χ3v) is 2.73. The lowest BCUT2D eigenvalue weighted by Crippen LogP contribution is -2.07. The number of halogens is 2. The molecule has 1 aromatic heterocycles. The molecule has 0 saturated heterocycles. The molecular formula is C11H16BrClN2O. The van der Waals surface area contributed by atoms with E-state index in [9.17, 15) is 0 Å². The molecule has 3 nitrogen and oxygen atoms in total. The largest absolute Gasteiger partial charge is 0.381 e. The maximum Gasteiger partial charge on any atom is 0.140 e. The van der Waals surface area contributed by atoms with Gasteiger partial charge in [-0.1, -0.05) is 18.5 Å². The minimum Gasteiger partial charge on any atom is -0.381 e. The third-order valence-electron chi connectivity index (χ3n) is 1.91. The van der Waals surface area contributed by atoms with E-state index in [1.54, 1.807) is 6.20 Å². The van der Waals surface area contributed by atoms with Crippen LogP contribution in [0.15, 0.2) is 16.7 Å². The van der Waals surface area contributed by atoms with Crippen LogP contribution in [0.4, 0.5) is 5.82 Å². The number of hydrogen-bond acceptors (Lipinski definition) is 3. The van der Waals surface area contributed by atoms with Gasteiger partial charge in [0.2, 0.25) is 0 Å². The van der Waals surface area contributed by atoms with Crippen molar-refractivity contribution < 1.29 is 4.74 Å². The molecule has 0 aliphatic heterocycles. The van der Waals surface area contributed by atoms with Crippen LogP contribution < -0.4 is 5.32 Å². The van der Waals surface area contributed by atoms with Crippen molar-refractivity contribution in [2.24, 2.45) is 0 Å². The maximum atomic E-state index is 5.80. The van der Waals surface area contributed by atoms with E-state index in [1.807, 2.05) is 6.07 Å². The summed E-state index contributed by atoms with van der Waals surface area (Å²) in [6.07, 6.45) is 3.66. The number of nitrogens with zero attached hydrogens (tertiary/aromatic N) is 1. The van der Waals surface area contributed by atoms with Gasteiger partial charge in [0.05, 0.1) is 9.50 Å². The van der Waals surface area contributed by atoms with E-state index in [0.29, 0.717) is 5.02 Å². The molecule has 5 heteroatoms. The van der Waals surface area contributed by atoms with E-state index < -0.39 is 0 Å². The van der Waals surface area contributed by atoms with Gasteiger partial charge in [-0.3, -0.25) is 0 Å². The highest BCUT2D eigenvalue weighted by atomic mass is 79.9. The zero-order valence-electron chi connectivity index (χ0n) is 9.30. The predicted octanol–water partition coefficient (Wildman–Crippen LogP) is 3.73. The van der Waals surface area contributed by atoms with Crippen LogP contribution in [0.5, 0.6) is 0 Å². The Balaban J connectivity index is 2.21. The Hall–Kier alpha value is -0.320. The number of anilines is 1. The fraction of sp³-hybridized carbons (Fsp3) is 0.545. The molecule has 16 heavy (non-hydrogen) atoms. The van der Waals surface area contributed by atoms with Crippen LogP contribution in [-0.4, -0.2) is 24.7 Å². The van der Waals surface area contributed by atoms with Crippen LogP contribution >= 0.6 is 27.5 Å². The number of rotatable bonds is 7. The summed E-state index contributed by atoms with van der Waals surface area (Å²) in [7, 11) is 0. The molecule has 1 rings (SSSR count). The van der Waals surface area contributed by atoms with Crippen LogP contribution in [0.1, 0.15) is 19.8 Å². The topological polar surface area (TPSA) is 34.1 Å². The van der Waals surface area contributed by atoms with Gasteiger partial charge < -0.3 is 10.1 Å². The summed E-state index contributed by atoms with van der Waals surface area (Å²) < 4.78 is 6.26. The Morgan fingerprint density at radius 2 is 2.31 bits per heavy atom. The Morgan fingerprint density at radius 1 is 1.50 bits per heavy atom. The van der Waals surface area contributed by atoms with Crippen molar-refractivity contribution in [3.8, 4) is 0 Å². The molecule has 0 spiro atoms. The Bertz CT molecular complexity index is 323. The van der Waals surface area contributed by atoms with Gasteiger partial charge in [0.15, 0.2) is 0 Å². The van der Waals surface area contributed by atoms with E-state index >= 15 is 0 Å². The minimum absolute atomic E-state index is 0.628. The average molecular weight is 308 g/mol. The lowest BCUT2D eigenvalue weighted by molar-refractivity contribution is 0.134. The summed E-state index contributed by atoms with van der Waals surface area (Å²) in [6.45, 7) is 4.57. The third kappa shape index (κ3) is 5.14. The van der Waals surface area contributed by atoms with Gasteiger partial charge in [0.25, 0.3) is 0 Å². The summed E-state index contributed by atoms with van der Waals surface area (Å²) in [5.41, 5.74) is 0. The summed E-state index contributed by atoms with van der Waals surface area (Å²) in [5, 5.41) is 3.85. The second kappa shape index (κ2) is 7.87. The summed E-state index contributed by atoms with van der Waals surface area (Å²) in [6, 6.07) is 1.82. The monoisotopic (exact) mass is 306 g/mol. The van der Waals surface area contributed by atoms with Gasteiger partial charge in [-0.25, -0.2) is 4.98 Å². The van der Waals surface area contributed by atoms with Crippen molar-refractivity contribution in [3.05, 3.63) is 21.8 Å². The molecule has 1 heterocycles. The number of pyridine rings is 1. The Kier molecular flexibility index (Phi) is 6.76. The van der Waals surface area contributed by atoms with Gasteiger partial charge in [-0.15, -0.1) is 0 Å². The Morgan fingerprint density at radius 3 is 3.00 bits per heavy atom. The van der Waals surface area contributed by atoms with E-state index in [-0.39, 0.29) is 0 Å². The Labute approximate surface area is 110 Å². The first-order chi connectivity index (χ1) is 7.74. The molecular weight excluding hydrogens is 291 g/mol. The number of nitrogens with one attached hydrogen (secondary N) is 1. The lowest BCUT2D eigenvalue weighted by Gasteiger charge is -2.07. The van der Waals surface area contributed by atoms with Crippen molar-refractivity contribution in [2.45, 2.75) is 19.8 Å². The summed E-state index contributed by atoms with van der Waals surface area (Å²) >= 11 is 9.20. The standard InChI is InChI=1S/C11H16BrClN2O/c1-2-5-16-6-3-4-14-11-10(12)7-9(13)8-15-11/h7-8H,2-6H2,1H3,(H,14,15). The molecule has 0 atom stereocenters. The number of aromatic nitrogens is 1. The first-order valence-electron chi connectivity index (χ1n) is 5.36. The van der Waals surface area contributed by atoms with E-state index in [0.717, 1.165) is 42.9 Å². The van der Waals surface area contributed by atoms with Gasteiger partial charge in [-0.05, 0) is 34.8 Å². The van der Waals surface area contributed by atoms with Crippen molar-refractivity contribution >= 4 is 33.3 Å². The molecule has 0 bridgehead atoms. The lowest BCUT2D eigenvalue weighted by atomic mass is 10.4. The zero-order chi connectivity index (χ0) is 11.8. The van der Waals surface area contributed by atoms with Crippen molar-refractivity contribution in [3.63, 3.8) is 0 Å². The molecule has 0 saturated carbocycles. The van der Waals surface area contributed by atoms with Crippen molar-refractivity contribution in [2.75, 3.05) is 25.1 Å². The quantitative estimate of drug-likeness (QED) is 0.780. The van der Waals surface area contributed by atoms with E-state index in [2.05, 4.69) is 33.2 Å². The van der Waals surface area contributed by atoms with Gasteiger partial charge in [0.1, 0.15) is 5.82 Å². The van der Waals surface area contributed by atoms with E-state index in [1.165, 1.54) is 0 Å². The normalized spacial score (nSPS) is 10.4. The van der Waals surface area contributed by atoms with Gasteiger partial charge >= 0.3 is 0 Å². The molecule has 0 fully saturated rings. The molecule has 0 unspecified atom stereocenters. The highest BCUT2D eigenvalue weighted by Crippen LogP contribution is 2.22. The minimum atomic E-state index is 0.628. The maximum absolute atomic E-state index is 5.80. The second-order valence-corrected chi connectivity index (χ2v) is 4.67. The summed E-state index contributed by atoms with van der Waals surface area (Å²) in [5.74, 6) is 0.819. The molecule has 90 valence electrons. The van der Waals surface area contributed by atoms with E-state index in [4.69, 9.17) is 16.3 Å². The predicted molar refractivity (Wildman–Crippen MR) is 71.2 cm³/mol. The highest BCUT2D eigenvalue weighted by molar-refractivity contribution is 9.10. The molecule has 1 N–H and O–H groups in total. The molecule has 0 aliphatic rings. The first-order valence-corrected chi connectivity index (χ1v) is 6.53. The molecule has 0 aromatic carbocycles. The van der Waals surface area contributed by atoms with Crippen molar-refractivity contribution in [1.29, 1.82) is 0 Å². The molecule has 0 radical (unpaired) electrons. The van der Waals surface area contributed by atoms with Crippen LogP contribution in [0.3, 0.4) is 0 Å². The SMILES string of the molecule is CCCOCCCNc1ncc(Cl)cc1Br. The molecule has 0 aliphatic carbocycles. The van der Waals surface area contributed by atoms with Gasteiger partial charge in [-0.2, -0.15) is 0 Å². The van der Waals surface area contributed by atoms with Crippen LogP contribution in [0.25, 0.3) is 0 Å². The fourth-order valence-electron chi connectivity index (χ4n) is 1.17. The number of ether oxygens (including phenoxy) is 1. The molecule has 0 amide bonds. The molecule has 1 aromatic rings. The van der Waals surface area contributed by atoms with Crippen molar-refractivity contribution in [1.82, 2.24) is 4.98 Å². The first kappa shape index (κ1) is 13.7. The van der Waals surface area contributed by atoms with Crippen LogP contribution in [-0.2, 0) is 4.74 Å². The number of hydrogen-bond donors (Lipinski definition) is 1. The highest BCUT2D eigenvalue weighted by Gasteiger charge is 2.00. The van der Waals surface area contributed by atoms with Gasteiger partial charge in [0, 0.05) is 26.0 Å². The smallest absolute Gasteiger partial charge is 0.140 e. The summed E-state index contributed by atoms with van der Waals surface area (Å²) in [4.78, 5) is 4.18. The second-order valence-electron chi connectivity index (χ2n) is 3.38.